The average molecular weight is 275 g/mol. The van der Waals surface area contributed by atoms with Gasteiger partial charge in [-0.2, -0.15) is 0 Å². The lowest BCUT2D eigenvalue weighted by molar-refractivity contribution is 1.16. The standard InChI is InChI=1S/C8H10IN3/c1-2-3-4-8(5-6-9)7-11-12-10/h2-6H,7H2,1H3/b3-2+,6-5-,8-4+. The molecule has 64 valence electrons. The molecule has 12 heavy (non-hydrogen) atoms. The molecule has 0 aliphatic rings. The zero-order chi connectivity index (χ0) is 9.23. The van der Waals surface area contributed by atoms with E-state index in [1.54, 1.807) is 0 Å². The third-order valence-corrected chi connectivity index (χ3v) is 1.46. The van der Waals surface area contributed by atoms with E-state index in [1.807, 2.05) is 35.3 Å². The summed E-state index contributed by atoms with van der Waals surface area (Å²) in [5.74, 6) is 0. The molecule has 0 spiro atoms. The van der Waals surface area contributed by atoms with Crippen molar-refractivity contribution in [3.63, 3.8) is 0 Å². The van der Waals surface area contributed by atoms with Crippen molar-refractivity contribution in [1.29, 1.82) is 0 Å². The summed E-state index contributed by atoms with van der Waals surface area (Å²) < 4.78 is 1.89. The maximum atomic E-state index is 8.10. The maximum Gasteiger partial charge on any atom is 0.0511 e. The van der Waals surface area contributed by atoms with Crippen LogP contribution in [0.1, 0.15) is 6.92 Å². The van der Waals surface area contributed by atoms with E-state index in [0.717, 1.165) is 5.57 Å². The van der Waals surface area contributed by atoms with Gasteiger partial charge in [0.25, 0.3) is 0 Å². The summed E-state index contributed by atoms with van der Waals surface area (Å²) in [6.45, 7) is 2.34. The number of nitrogens with zero attached hydrogens (tertiary/aromatic N) is 3. The van der Waals surface area contributed by atoms with Crippen LogP contribution in [0.15, 0.2) is 39.1 Å². The molecule has 0 unspecified atom stereocenters. The second kappa shape index (κ2) is 8.36. The molecule has 0 saturated heterocycles. The first-order valence-electron chi connectivity index (χ1n) is 3.44. The van der Waals surface area contributed by atoms with Crippen LogP contribution >= 0.6 is 22.6 Å². The van der Waals surface area contributed by atoms with E-state index >= 15 is 0 Å². The van der Waals surface area contributed by atoms with Gasteiger partial charge in [-0.1, -0.05) is 52.0 Å². The van der Waals surface area contributed by atoms with E-state index in [0.29, 0.717) is 6.54 Å². The van der Waals surface area contributed by atoms with Crippen molar-refractivity contribution in [3.8, 4) is 0 Å². The molecule has 0 fully saturated rings. The highest BCUT2D eigenvalue weighted by Crippen LogP contribution is 2.01. The van der Waals surface area contributed by atoms with E-state index in [9.17, 15) is 0 Å². The first-order chi connectivity index (χ1) is 5.85. The summed E-state index contributed by atoms with van der Waals surface area (Å²) in [5.41, 5.74) is 9.10. The lowest BCUT2D eigenvalue weighted by Crippen LogP contribution is -1.80. The Morgan fingerprint density at radius 3 is 2.92 bits per heavy atom. The molecule has 0 bridgehead atoms. The minimum Gasteiger partial charge on any atom is -0.0893 e. The van der Waals surface area contributed by atoms with Crippen LogP contribution in [0, 0.1) is 0 Å². The zero-order valence-electron chi connectivity index (χ0n) is 6.81. The fraction of sp³-hybridized carbons (Fsp3) is 0.250. The average Bonchev–Trinajstić information content (AvgIpc) is 2.10. The number of halogens is 1. The predicted molar refractivity (Wildman–Crippen MR) is 60.1 cm³/mol. The highest BCUT2D eigenvalue weighted by Gasteiger charge is 1.86. The number of allylic oxidation sites excluding steroid dienone is 3. The third kappa shape index (κ3) is 6.00. The van der Waals surface area contributed by atoms with E-state index in [4.69, 9.17) is 5.53 Å². The first-order valence-corrected chi connectivity index (χ1v) is 4.69. The molecule has 0 heterocycles. The van der Waals surface area contributed by atoms with E-state index in [2.05, 4.69) is 32.6 Å². The lowest BCUT2D eigenvalue weighted by Gasteiger charge is -1.91. The Morgan fingerprint density at radius 2 is 2.42 bits per heavy atom. The Morgan fingerprint density at radius 1 is 1.67 bits per heavy atom. The van der Waals surface area contributed by atoms with Gasteiger partial charge in [-0.25, -0.2) is 0 Å². The van der Waals surface area contributed by atoms with Crippen LogP contribution in [0.25, 0.3) is 10.4 Å². The SMILES string of the molecule is C/C=C/C=C(\C=C/I)CN=[N+]=[N-]. The third-order valence-electron chi connectivity index (χ3n) is 1.10. The Hall–Kier alpha value is -0.740. The maximum absolute atomic E-state index is 8.10. The molecule has 4 heteroatoms. The second-order valence-electron chi connectivity index (χ2n) is 1.95. The van der Waals surface area contributed by atoms with Crippen molar-refractivity contribution in [3.05, 3.63) is 44.4 Å². The summed E-state index contributed by atoms with van der Waals surface area (Å²) >= 11 is 2.13. The van der Waals surface area contributed by atoms with Gasteiger partial charge in [0.1, 0.15) is 0 Å². The monoisotopic (exact) mass is 275 g/mol. The van der Waals surface area contributed by atoms with Gasteiger partial charge in [0.15, 0.2) is 0 Å². The molecule has 0 aromatic rings. The summed E-state index contributed by atoms with van der Waals surface area (Å²) in [5, 5.41) is 3.47. The van der Waals surface area contributed by atoms with Crippen LogP contribution < -0.4 is 0 Å². The summed E-state index contributed by atoms with van der Waals surface area (Å²) in [4.78, 5) is 2.69. The minimum absolute atomic E-state index is 0.403. The molecule has 0 radical (unpaired) electrons. The lowest BCUT2D eigenvalue weighted by atomic mass is 10.2. The fourth-order valence-corrected chi connectivity index (χ4v) is 1.04. The van der Waals surface area contributed by atoms with Gasteiger partial charge in [0.05, 0.1) is 6.54 Å². The van der Waals surface area contributed by atoms with Gasteiger partial charge >= 0.3 is 0 Å². The summed E-state index contributed by atoms with van der Waals surface area (Å²) in [6, 6.07) is 0. The van der Waals surface area contributed by atoms with Crippen molar-refractivity contribution >= 4 is 22.6 Å². The van der Waals surface area contributed by atoms with Crippen LogP contribution in [0.3, 0.4) is 0 Å². The molecule has 0 aromatic heterocycles. The van der Waals surface area contributed by atoms with Crippen LogP contribution in [-0.4, -0.2) is 6.54 Å². The Labute approximate surface area is 85.6 Å². The molecule has 0 amide bonds. The van der Waals surface area contributed by atoms with Crippen molar-refractivity contribution in [2.24, 2.45) is 5.11 Å². The largest absolute Gasteiger partial charge is 0.0893 e. The predicted octanol–water partition coefficient (Wildman–Crippen LogP) is 3.75. The van der Waals surface area contributed by atoms with Gasteiger partial charge in [-0.15, -0.1) is 0 Å². The minimum atomic E-state index is 0.403. The quantitative estimate of drug-likeness (QED) is 0.247. The van der Waals surface area contributed by atoms with Crippen molar-refractivity contribution < 1.29 is 0 Å². The van der Waals surface area contributed by atoms with Gasteiger partial charge in [0, 0.05) is 4.91 Å². The molecule has 3 nitrogen and oxygen atoms in total. The molecule has 0 aliphatic heterocycles. The van der Waals surface area contributed by atoms with E-state index in [1.165, 1.54) is 0 Å². The van der Waals surface area contributed by atoms with Crippen molar-refractivity contribution in [2.75, 3.05) is 6.54 Å². The van der Waals surface area contributed by atoms with E-state index < -0.39 is 0 Å². The first kappa shape index (κ1) is 11.3. The topological polar surface area (TPSA) is 48.8 Å². The molecule has 0 rings (SSSR count). The molecule has 0 atom stereocenters. The molecule has 0 N–H and O–H groups in total. The fourth-order valence-electron chi connectivity index (χ4n) is 0.575. The number of azide groups is 1. The van der Waals surface area contributed by atoms with Crippen LogP contribution in [0.2, 0.25) is 0 Å². The molecule has 0 aromatic carbocycles. The van der Waals surface area contributed by atoms with Crippen LogP contribution in [0.5, 0.6) is 0 Å². The van der Waals surface area contributed by atoms with Gasteiger partial charge in [-0.05, 0) is 22.1 Å². The van der Waals surface area contributed by atoms with Gasteiger partial charge < -0.3 is 0 Å². The van der Waals surface area contributed by atoms with Gasteiger partial charge in [-0.3, -0.25) is 0 Å². The molecular weight excluding hydrogens is 265 g/mol. The van der Waals surface area contributed by atoms with Gasteiger partial charge in [0.2, 0.25) is 0 Å². The molecular formula is C8H10IN3. The molecule has 0 aliphatic carbocycles. The normalized spacial score (nSPS) is 12.3. The highest BCUT2D eigenvalue weighted by atomic mass is 127. The summed E-state index contributed by atoms with van der Waals surface area (Å²) in [7, 11) is 0. The number of rotatable bonds is 4. The smallest absolute Gasteiger partial charge is 0.0511 e. The number of hydrogen-bond donors (Lipinski definition) is 0. The Kier molecular flexibility index (Phi) is 7.84. The van der Waals surface area contributed by atoms with E-state index in [-0.39, 0.29) is 0 Å². The molecule has 0 saturated carbocycles. The number of hydrogen-bond acceptors (Lipinski definition) is 1. The van der Waals surface area contributed by atoms with Crippen LogP contribution in [0.4, 0.5) is 0 Å². The summed E-state index contributed by atoms with van der Waals surface area (Å²) in [6.07, 6.45) is 7.68. The Balaban J connectivity index is 4.31. The van der Waals surface area contributed by atoms with Crippen molar-refractivity contribution in [1.82, 2.24) is 0 Å². The zero-order valence-corrected chi connectivity index (χ0v) is 8.97. The van der Waals surface area contributed by atoms with Crippen LogP contribution in [-0.2, 0) is 0 Å². The second-order valence-corrected chi connectivity index (χ2v) is 2.67. The Bertz CT molecular complexity index is 247. The highest BCUT2D eigenvalue weighted by molar-refractivity contribution is 14.1. The van der Waals surface area contributed by atoms with Crippen molar-refractivity contribution in [2.45, 2.75) is 6.92 Å².